The number of aryl methyl sites for hydroxylation is 1. The number of nitrogens with one attached hydrogen (secondary N) is 1. The van der Waals surface area contributed by atoms with Gasteiger partial charge in [0, 0.05) is 5.56 Å². The zero-order valence-electron chi connectivity index (χ0n) is 16.2. The highest BCUT2D eigenvalue weighted by Crippen LogP contribution is 2.46. The molecular weight excluding hydrogens is 390 g/mol. The number of tetrazole rings is 1. The van der Waals surface area contributed by atoms with E-state index in [0.29, 0.717) is 22.3 Å². The van der Waals surface area contributed by atoms with Crippen LogP contribution in [0.3, 0.4) is 0 Å². The van der Waals surface area contributed by atoms with Crippen LogP contribution in [0, 0.1) is 6.92 Å². The zero-order valence-corrected chi connectivity index (χ0v) is 17.0. The van der Waals surface area contributed by atoms with Gasteiger partial charge < -0.3 is 10.1 Å². The van der Waals surface area contributed by atoms with Gasteiger partial charge >= 0.3 is 5.97 Å². The average Bonchev–Trinajstić information content (AvgIpc) is 3.30. The van der Waals surface area contributed by atoms with E-state index in [9.17, 15) is 9.59 Å². The average molecular weight is 411 g/mol. The summed E-state index contributed by atoms with van der Waals surface area (Å²) < 4.78 is 5.19. The molecule has 1 aromatic carbocycles. The van der Waals surface area contributed by atoms with Crippen LogP contribution in [0.1, 0.15) is 47.2 Å². The van der Waals surface area contributed by atoms with E-state index in [4.69, 9.17) is 4.74 Å². The summed E-state index contributed by atoms with van der Waals surface area (Å²) in [7, 11) is 0. The molecule has 1 N–H and O–H groups in total. The number of anilines is 1. The Hall–Kier alpha value is -3.07. The molecule has 3 aromatic rings. The Morgan fingerprint density at radius 2 is 2.10 bits per heavy atom. The largest absolute Gasteiger partial charge is 0.462 e. The second-order valence-electron chi connectivity index (χ2n) is 6.90. The van der Waals surface area contributed by atoms with Crippen molar-refractivity contribution >= 4 is 28.2 Å². The van der Waals surface area contributed by atoms with Crippen molar-refractivity contribution in [3.8, 4) is 11.4 Å². The lowest BCUT2D eigenvalue weighted by molar-refractivity contribution is -0.117. The Bertz CT molecular complexity index is 1050. The number of carbonyl (C=O) groups excluding carboxylic acids is 2. The molecule has 29 heavy (non-hydrogen) atoms. The summed E-state index contributed by atoms with van der Waals surface area (Å²) in [4.78, 5) is 26.2. The van der Waals surface area contributed by atoms with Gasteiger partial charge in [0.05, 0.1) is 12.2 Å². The molecule has 1 aliphatic carbocycles. The maximum absolute atomic E-state index is 12.5. The molecule has 150 valence electrons. The molecule has 0 radical (unpaired) electrons. The SMILES string of the molecule is CCOC(=O)c1c(C2CC2)csc1NC(=O)Cn1nnc(-c2ccccc2C)n1. The van der Waals surface area contributed by atoms with Crippen molar-refractivity contribution < 1.29 is 14.3 Å². The molecular formula is C20H21N5O3S. The first kappa shape index (κ1) is 19.3. The van der Waals surface area contributed by atoms with E-state index in [0.717, 1.165) is 29.5 Å². The van der Waals surface area contributed by atoms with Crippen molar-refractivity contribution in [1.29, 1.82) is 0 Å². The van der Waals surface area contributed by atoms with Gasteiger partial charge in [0.25, 0.3) is 0 Å². The Labute approximate surface area is 171 Å². The lowest BCUT2D eigenvalue weighted by atomic mass is 10.1. The van der Waals surface area contributed by atoms with Crippen molar-refractivity contribution in [2.24, 2.45) is 0 Å². The van der Waals surface area contributed by atoms with Crippen LogP contribution in [0.5, 0.6) is 0 Å². The molecule has 2 heterocycles. The monoisotopic (exact) mass is 411 g/mol. The van der Waals surface area contributed by atoms with Crippen LogP contribution < -0.4 is 5.32 Å². The van der Waals surface area contributed by atoms with Gasteiger partial charge in [-0.1, -0.05) is 24.3 Å². The first-order valence-electron chi connectivity index (χ1n) is 9.49. The van der Waals surface area contributed by atoms with Crippen molar-refractivity contribution in [2.75, 3.05) is 11.9 Å². The maximum Gasteiger partial charge on any atom is 0.341 e. The summed E-state index contributed by atoms with van der Waals surface area (Å²) in [6.07, 6.45) is 2.11. The molecule has 2 aromatic heterocycles. The highest BCUT2D eigenvalue weighted by atomic mass is 32.1. The first-order chi connectivity index (χ1) is 14.1. The summed E-state index contributed by atoms with van der Waals surface area (Å²) in [6, 6.07) is 7.72. The molecule has 1 fully saturated rings. The highest BCUT2D eigenvalue weighted by molar-refractivity contribution is 7.15. The smallest absolute Gasteiger partial charge is 0.341 e. The molecule has 4 rings (SSSR count). The van der Waals surface area contributed by atoms with E-state index in [1.54, 1.807) is 6.92 Å². The van der Waals surface area contributed by atoms with Gasteiger partial charge in [-0.25, -0.2) is 4.79 Å². The van der Waals surface area contributed by atoms with Crippen molar-refractivity contribution in [3.63, 3.8) is 0 Å². The number of carbonyl (C=O) groups is 2. The number of thiophene rings is 1. The Balaban J connectivity index is 1.48. The van der Waals surface area contributed by atoms with Crippen LogP contribution in [0.15, 0.2) is 29.6 Å². The minimum Gasteiger partial charge on any atom is -0.462 e. The van der Waals surface area contributed by atoms with Gasteiger partial charge in [-0.2, -0.15) is 4.80 Å². The molecule has 1 amide bonds. The Kier molecular flexibility index (Phi) is 5.39. The van der Waals surface area contributed by atoms with Gasteiger partial charge in [-0.3, -0.25) is 4.79 Å². The number of rotatable bonds is 7. The molecule has 0 unspecified atom stereocenters. The molecule has 0 atom stereocenters. The number of amides is 1. The first-order valence-corrected chi connectivity index (χ1v) is 10.4. The molecule has 0 aliphatic heterocycles. The number of ether oxygens (including phenoxy) is 1. The van der Waals surface area contributed by atoms with Crippen LogP contribution >= 0.6 is 11.3 Å². The quantitative estimate of drug-likeness (QED) is 0.598. The number of benzene rings is 1. The fourth-order valence-corrected chi connectivity index (χ4v) is 4.16. The molecule has 8 nitrogen and oxygen atoms in total. The number of hydrogen-bond donors (Lipinski definition) is 1. The minimum atomic E-state index is -0.397. The van der Waals surface area contributed by atoms with Crippen molar-refractivity contribution in [2.45, 2.75) is 39.2 Å². The lowest BCUT2D eigenvalue weighted by Crippen LogP contribution is -2.21. The van der Waals surface area contributed by atoms with Gasteiger partial charge in [0.15, 0.2) is 0 Å². The predicted octanol–water partition coefficient (Wildman–Crippen LogP) is 3.40. The van der Waals surface area contributed by atoms with Crippen molar-refractivity contribution in [1.82, 2.24) is 20.2 Å². The van der Waals surface area contributed by atoms with E-state index >= 15 is 0 Å². The summed E-state index contributed by atoms with van der Waals surface area (Å²) >= 11 is 1.34. The summed E-state index contributed by atoms with van der Waals surface area (Å²) in [5.41, 5.74) is 3.34. The van der Waals surface area contributed by atoms with Crippen molar-refractivity contribution in [3.05, 3.63) is 46.3 Å². The topological polar surface area (TPSA) is 99.0 Å². The van der Waals surface area contributed by atoms with Crippen LogP contribution in [-0.2, 0) is 16.1 Å². The third-order valence-electron chi connectivity index (χ3n) is 4.69. The molecule has 0 spiro atoms. The molecule has 9 heteroatoms. The second kappa shape index (κ2) is 8.12. The summed E-state index contributed by atoms with van der Waals surface area (Å²) in [5, 5.41) is 17.6. The van der Waals surface area contributed by atoms with Gasteiger partial charge in [0.2, 0.25) is 11.7 Å². The van der Waals surface area contributed by atoms with E-state index in [-0.39, 0.29) is 19.1 Å². The van der Waals surface area contributed by atoms with Crippen LogP contribution in [0.25, 0.3) is 11.4 Å². The number of esters is 1. The zero-order chi connectivity index (χ0) is 20.4. The molecule has 1 aliphatic rings. The fraction of sp³-hybridized carbons (Fsp3) is 0.350. The normalized spacial score (nSPS) is 13.3. The molecule has 0 saturated heterocycles. The number of hydrogen-bond acceptors (Lipinski definition) is 7. The van der Waals surface area contributed by atoms with Gasteiger partial charge in [-0.15, -0.1) is 21.5 Å². The number of nitrogens with zero attached hydrogens (tertiary/aromatic N) is 4. The summed E-state index contributed by atoms with van der Waals surface area (Å²) in [6.45, 7) is 3.92. The minimum absolute atomic E-state index is 0.0994. The fourth-order valence-electron chi connectivity index (χ4n) is 3.11. The molecule has 1 saturated carbocycles. The van der Waals surface area contributed by atoms with E-state index in [1.165, 1.54) is 16.1 Å². The van der Waals surface area contributed by atoms with Crippen LogP contribution in [-0.4, -0.2) is 38.7 Å². The molecule has 0 bridgehead atoms. The van der Waals surface area contributed by atoms with Gasteiger partial charge in [-0.05, 0) is 54.3 Å². The third-order valence-corrected chi connectivity index (χ3v) is 5.61. The Morgan fingerprint density at radius 1 is 1.31 bits per heavy atom. The number of aromatic nitrogens is 4. The highest BCUT2D eigenvalue weighted by Gasteiger charge is 2.32. The third kappa shape index (κ3) is 4.19. The standard InChI is InChI=1S/C20H21N5O3S/c1-3-28-20(27)17-15(13-8-9-13)11-29-19(17)21-16(26)10-25-23-18(22-24-25)14-7-5-4-6-12(14)2/h4-7,11,13H,3,8-10H2,1-2H3,(H,21,26). The van der Waals surface area contributed by atoms with Gasteiger partial charge in [0.1, 0.15) is 11.5 Å². The lowest BCUT2D eigenvalue weighted by Gasteiger charge is -2.08. The maximum atomic E-state index is 12.5. The Morgan fingerprint density at radius 3 is 2.83 bits per heavy atom. The van der Waals surface area contributed by atoms with Crippen LogP contribution in [0.2, 0.25) is 0 Å². The second-order valence-corrected chi connectivity index (χ2v) is 7.78. The van der Waals surface area contributed by atoms with E-state index in [1.807, 2.05) is 36.6 Å². The predicted molar refractivity (Wildman–Crippen MR) is 109 cm³/mol. The van der Waals surface area contributed by atoms with E-state index in [2.05, 4.69) is 20.7 Å². The van der Waals surface area contributed by atoms with Crippen LogP contribution in [0.4, 0.5) is 5.00 Å². The van der Waals surface area contributed by atoms with E-state index < -0.39 is 5.97 Å². The summed E-state index contributed by atoms with van der Waals surface area (Å²) in [5.74, 6) is 0.125.